The lowest BCUT2D eigenvalue weighted by Gasteiger charge is -2.23. The number of thioether (sulfide) groups is 1. The van der Waals surface area contributed by atoms with Gasteiger partial charge in [0, 0.05) is 4.88 Å². The normalized spacial score (nSPS) is 18.2. The van der Waals surface area contributed by atoms with Gasteiger partial charge in [-0.2, -0.15) is 0 Å². The van der Waals surface area contributed by atoms with Gasteiger partial charge >= 0.3 is 0 Å². The van der Waals surface area contributed by atoms with Crippen LogP contribution >= 0.6 is 23.1 Å². The number of hydrogen-bond donors (Lipinski definition) is 0. The molecular formula is C16H17NO2S2. The van der Waals surface area contributed by atoms with Gasteiger partial charge in [0.15, 0.2) is 0 Å². The monoisotopic (exact) mass is 319 g/mol. The van der Waals surface area contributed by atoms with Crippen molar-refractivity contribution in [3.8, 4) is 5.75 Å². The first kappa shape index (κ1) is 14.5. The van der Waals surface area contributed by atoms with Gasteiger partial charge in [-0.15, -0.1) is 23.1 Å². The Morgan fingerprint density at radius 2 is 2.10 bits per heavy atom. The molecule has 21 heavy (non-hydrogen) atoms. The van der Waals surface area contributed by atoms with Crippen molar-refractivity contribution in [2.75, 3.05) is 12.4 Å². The van der Waals surface area contributed by atoms with Crippen LogP contribution in [0.4, 0.5) is 0 Å². The Morgan fingerprint density at radius 3 is 2.76 bits per heavy atom. The Kier molecular flexibility index (Phi) is 4.51. The summed E-state index contributed by atoms with van der Waals surface area (Å²) in [6.07, 6.45) is 0. The number of carbonyl (C=O) groups excluding carboxylic acids is 1. The Labute approximate surface area is 132 Å². The van der Waals surface area contributed by atoms with Gasteiger partial charge in [-0.25, -0.2) is 0 Å². The highest BCUT2D eigenvalue weighted by molar-refractivity contribution is 8.00. The molecule has 110 valence electrons. The zero-order chi connectivity index (χ0) is 14.7. The van der Waals surface area contributed by atoms with E-state index in [2.05, 4.69) is 23.6 Å². The lowest BCUT2D eigenvalue weighted by atomic mass is 10.2. The van der Waals surface area contributed by atoms with Crippen LogP contribution in [0, 0.1) is 0 Å². The maximum Gasteiger partial charge on any atom is 0.234 e. The SMILES string of the molecule is CCOc1ccc(C2SCC(=O)N2Cc2cccs2)cc1. The van der Waals surface area contributed by atoms with E-state index in [0.717, 1.165) is 11.3 Å². The van der Waals surface area contributed by atoms with Crippen LogP contribution in [0.2, 0.25) is 0 Å². The Bertz CT molecular complexity index is 595. The highest BCUT2D eigenvalue weighted by atomic mass is 32.2. The average molecular weight is 319 g/mol. The van der Waals surface area contributed by atoms with Crippen LogP contribution < -0.4 is 4.74 Å². The summed E-state index contributed by atoms with van der Waals surface area (Å²) in [5.74, 6) is 1.65. The molecule has 1 unspecified atom stereocenters. The van der Waals surface area contributed by atoms with Crippen LogP contribution in [-0.2, 0) is 11.3 Å². The summed E-state index contributed by atoms with van der Waals surface area (Å²) >= 11 is 3.39. The second-order valence-electron chi connectivity index (χ2n) is 4.77. The topological polar surface area (TPSA) is 29.5 Å². The molecule has 1 aromatic carbocycles. The molecule has 0 radical (unpaired) electrons. The predicted molar refractivity (Wildman–Crippen MR) is 87.7 cm³/mol. The smallest absolute Gasteiger partial charge is 0.234 e. The highest BCUT2D eigenvalue weighted by Crippen LogP contribution is 2.40. The van der Waals surface area contributed by atoms with Crippen LogP contribution in [0.25, 0.3) is 0 Å². The van der Waals surface area contributed by atoms with E-state index in [0.29, 0.717) is 18.9 Å². The fraction of sp³-hybridized carbons (Fsp3) is 0.312. The molecule has 0 N–H and O–H groups in total. The Hall–Kier alpha value is -1.46. The number of hydrogen-bond acceptors (Lipinski definition) is 4. The summed E-state index contributed by atoms with van der Waals surface area (Å²) in [6.45, 7) is 3.34. The van der Waals surface area contributed by atoms with Crippen LogP contribution in [0.5, 0.6) is 5.75 Å². The molecule has 3 rings (SSSR count). The summed E-state index contributed by atoms with van der Waals surface area (Å²) in [4.78, 5) is 15.3. The molecule has 3 nitrogen and oxygen atoms in total. The molecule has 0 bridgehead atoms. The molecule has 1 aromatic heterocycles. The molecule has 2 aromatic rings. The molecule has 0 saturated carbocycles. The first-order chi connectivity index (χ1) is 10.3. The van der Waals surface area contributed by atoms with E-state index < -0.39 is 0 Å². The molecule has 1 atom stereocenters. The minimum atomic E-state index is 0.107. The van der Waals surface area contributed by atoms with Gasteiger partial charge in [-0.3, -0.25) is 4.79 Å². The van der Waals surface area contributed by atoms with Crippen LogP contribution in [0.3, 0.4) is 0 Å². The molecule has 1 fully saturated rings. The zero-order valence-electron chi connectivity index (χ0n) is 11.8. The fourth-order valence-corrected chi connectivity index (χ4v) is 4.26. The first-order valence-electron chi connectivity index (χ1n) is 6.94. The van der Waals surface area contributed by atoms with Crippen molar-refractivity contribution >= 4 is 29.0 Å². The molecule has 0 aliphatic carbocycles. The first-order valence-corrected chi connectivity index (χ1v) is 8.87. The maximum atomic E-state index is 12.1. The van der Waals surface area contributed by atoms with Gasteiger partial charge in [-0.05, 0) is 36.1 Å². The largest absolute Gasteiger partial charge is 0.494 e. The lowest BCUT2D eigenvalue weighted by Crippen LogP contribution is -2.27. The number of amides is 1. The van der Waals surface area contributed by atoms with E-state index >= 15 is 0 Å². The standard InChI is InChI=1S/C16H17NO2S2/c1-2-19-13-7-5-12(6-8-13)16-17(15(18)11-21-16)10-14-4-3-9-20-14/h3-9,16H,2,10-11H2,1H3. The summed E-state index contributed by atoms with van der Waals surface area (Å²) in [7, 11) is 0. The number of benzene rings is 1. The lowest BCUT2D eigenvalue weighted by molar-refractivity contribution is -0.128. The van der Waals surface area contributed by atoms with Crippen molar-refractivity contribution in [3.63, 3.8) is 0 Å². The molecule has 1 aliphatic rings. The van der Waals surface area contributed by atoms with Gasteiger partial charge in [0.1, 0.15) is 11.1 Å². The molecule has 1 aliphatic heterocycles. The van der Waals surface area contributed by atoms with E-state index in [1.165, 1.54) is 4.88 Å². The number of carbonyl (C=O) groups is 1. The number of nitrogens with zero attached hydrogens (tertiary/aromatic N) is 1. The van der Waals surface area contributed by atoms with E-state index in [-0.39, 0.29) is 11.3 Å². The molecule has 1 saturated heterocycles. The van der Waals surface area contributed by atoms with Crippen molar-refractivity contribution in [2.45, 2.75) is 18.8 Å². The third-order valence-electron chi connectivity index (χ3n) is 3.35. The Balaban J connectivity index is 1.77. The van der Waals surface area contributed by atoms with Gasteiger partial charge in [0.25, 0.3) is 0 Å². The quantitative estimate of drug-likeness (QED) is 0.836. The summed E-state index contributed by atoms with van der Waals surface area (Å²) in [6, 6.07) is 12.2. The van der Waals surface area contributed by atoms with Crippen molar-refractivity contribution in [2.24, 2.45) is 0 Å². The molecule has 1 amide bonds. The number of rotatable bonds is 5. The molecule has 2 heterocycles. The third kappa shape index (κ3) is 3.24. The maximum absolute atomic E-state index is 12.1. The average Bonchev–Trinajstić information content (AvgIpc) is 3.12. The molecule has 0 spiro atoms. The summed E-state index contributed by atoms with van der Waals surface area (Å²) < 4.78 is 5.47. The second-order valence-corrected chi connectivity index (χ2v) is 6.87. The third-order valence-corrected chi connectivity index (χ3v) is 5.47. The minimum Gasteiger partial charge on any atom is -0.494 e. The van der Waals surface area contributed by atoms with E-state index in [1.54, 1.807) is 23.1 Å². The van der Waals surface area contributed by atoms with Crippen molar-refractivity contribution < 1.29 is 9.53 Å². The van der Waals surface area contributed by atoms with Crippen LogP contribution in [-0.4, -0.2) is 23.2 Å². The van der Waals surface area contributed by atoms with Crippen molar-refractivity contribution in [1.29, 1.82) is 0 Å². The summed E-state index contributed by atoms with van der Waals surface area (Å²) in [5, 5.41) is 2.16. The number of thiophene rings is 1. The van der Waals surface area contributed by atoms with Crippen molar-refractivity contribution in [3.05, 3.63) is 52.2 Å². The number of ether oxygens (including phenoxy) is 1. The van der Waals surface area contributed by atoms with Crippen molar-refractivity contribution in [1.82, 2.24) is 4.90 Å². The fourth-order valence-electron chi connectivity index (χ4n) is 2.37. The van der Waals surface area contributed by atoms with Gasteiger partial charge < -0.3 is 9.64 Å². The van der Waals surface area contributed by atoms with Gasteiger partial charge in [0.2, 0.25) is 5.91 Å². The van der Waals surface area contributed by atoms with E-state index in [9.17, 15) is 4.79 Å². The van der Waals surface area contributed by atoms with Gasteiger partial charge in [0.05, 0.1) is 18.9 Å². The minimum absolute atomic E-state index is 0.107. The second kappa shape index (κ2) is 6.54. The highest BCUT2D eigenvalue weighted by Gasteiger charge is 2.32. The van der Waals surface area contributed by atoms with Crippen LogP contribution in [0.15, 0.2) is 41.8 Å². The Morgan fingerprint density at radius 1 is 1.29 bits per heavy atom. The predicted octanol–water partition coefficient (Wildman–Crippen LogP) is 3.92. The molecule has 5 heteroatoms. The van der Waals surface area contributed by atoms with E-state index in [4.69, 9.17) is 4.74 Å². The van der Waals surface area contributed by atoms with E-state index in [1.807, 2.05) is 30.0 Å². The zero-order valence-corrected chi connectivity index (χ0v) is 13.5. The molecular weight excluding hydrogens is 302 g/mol. The van der Waals surface area contributed by atoms with Gasteiger partial charge in [-0.1, -0.05) is 18.2 Å². The van der Waals surface area contributed by atoms with Crippen LogP contribution in [0.1, 0.15) is 22.7 Å². The summed E-state index contributed by atoms with van der Waals surface area (Å²) in [5.41, 5.74) is 1.16.